The number of carbonyl (C=O) groups excluding carboxylic acids is 1. The molecule has 0 radical (unpaired) electrons. The van der Waals surface area contributed by atoms with Gasteiger partial charge in [-0.1, -0.05) is 28.9 Å². The first kappa shape index (κ1) is 14.6. The van der Waals surface area contributed by atoms with E-state index in [1.54, 1.807) is 11.1 Å². The minimum absolute atomic E-state index is 0.197. The van der Waals surface area contributed by atoms with Gasteiger partial charge in [0.25, 0.3) is 5.91 Å². The van der Waals surface area contributed by atoms with Gasteiger partial charge in [0.1, 0.15) is 12.1 Å². The van der Waals surface area contributed by atoms with E-state index in [-0.39, 0.29) is 24.2 Å². The molecule has 1 saturated heterocycles. The summed E-state index contributed by atoms with van der Waals surface area (Å²) in [5.74, 6) is -0.197. The van der Waals surface area contributed by atoms with Crippen LogP contribution in [-0.2, 0) is 17.8 Å². The molecule has 0 saturated carbocycles. The summed E-state index contributed by atoms with van der Waals surface area (Å²) >= 11 is 6.18. The Morgan fingerprint density at radius 2 is 2.22 bits per heavy atom. The van der Waals surface area contributed by atoms with Crippen LogP contribution in [0.3, 0.4) is 0 Å². The van der Waals surface area contributed by atoms with Gasteiger partial charge in [-0.15, -0.1) is 5.10 Å². The van der Waals surface area contributed by atoms with Crippen LogP contribution in [0.2, 0.25) is 5.02 Å². The van der Waals surface area contributed by atoms with Crippen molar-refractivity contribution >= 4 is 17.5 Å². The maximum atomic E-state index is 12.6. The third-order valence-electron chi connectivity index (χ3n) is 4.30. The number of aliphatic hydroxyl groups is 1. The molecule has 4 rings (SSSR count). The third kappa shape index (κ3) is 2.50. The molecule has 1 N–H and O–H groups in total. The molecule has 1 amide bonds. The second-order valence-corrected chi connectivity index (χ2v) is 6.20. The number of hydrogen-bond acceptors (Lipinski definition) is 5. The van der Waals surface area contributed by atoms with E-state index < -0.39 is 6.10 Å². The van der Waals surface area contributed by atoms with Gasteiger partial charge in [0.15, 0.2) is 5.69 Å². The maximum Gasteiger partial charge on any atom is 0.276 e. The van der Waals surface area contributed by atoms with Gasteiger partial charge in [0, 0.05) is 18.1 Å². The van der Waals surface area contributed by atoms with Crippen LogP contribution >= 0.6 is 11.6 Å². The van der Waals surface area contributed by atoms with Crippen LogP contribution in [0.15, 0.2) is 24.4 Å². The van der Waals surface area contributed by atoms with Crippen LogP contribution < -0.4 is 0 Å². The monoisotopic (exact) mass is 334 g/mol. The van der Waals surface area contributed by atoms with Crippen molar-refractivity contribution in [3.8, 4) is 0 Å². The first-order valence-corrected chi connectivity index (χ1v) is 7.74. The summed E-state index contributed by atoms with van der Waals surface area (Å²) in [4.78, 5) is 14.3. The maximum absolute atomic E-state index is 12.6. The first-order chi connectivity index (χ1) is 11.1. The molecule has 23 heavy (non-hydrogen) atoms. The predicted molar refractivity (Wildman–Crippen MR) is 80.9 cm³/mol. The largest absolute Gasteiger partial charge is 0.388 e. The standard InChI is InChI=1S/C15H15ClN4O3/c16-11-3-1-2-9-4-19(5-10(9)11)15(22)12-6-20(18-17-12)13-7-23-8-14(13)21/h1-3,6,13-14,21H,4-5,7-8H2/t13-,14-/m1/s1. The van der Waals surface area contributed by atoms with Crippen molar-refractivity contribution in [3.63, 3.8) is 0 Å². The number of rotatable bonds is 2. The minimum Gasteiger partial charge on any atom is -0.388 e. The summed E-state index contributed by atoms with van der Waals surface area (Å²) in [6.45, 7) is 1.61. The number of halogens is 1. The number of carbonyl (C=O) groups is 1. The first-order valence-electron chi connectivity index (χ1n) is 7.36. The minimum atomic E-state index is -0.630. The number of fused-ring (bicyclic) bond motifs is 1. The number of amides is 1. The molecule has 0 unspecified atom stereocenters. The van der Waals surface area contributed by atoms with Gasteiger partial charge in [-0.2, -0.15) is 0 Å². The summed E-state index contributed by atoms with van der Waals surface area (Å²) in [5, 5.41) is 18.4. The molecule has 0 spiro atoms. The zero-order chi connectivity index (χ0) is 16.0. The van der Waals surface area contributed by atoms with E-state index in [0.29, 0.717) is 24.7 Å². The summed E-state index contributed by atoms with van der Waals surface area (Å²) in [7, 11) is 0. The van der Waals surface area contributed by atoms with Crippen LogP contribution in [0.5, 0.6) is 0 Å². The second kappa shape index (κ2) is 5.59. The van der Waals surface area contributed by atoms with Crippen molar-refractivity contribution < 1.29 is 14.6 Å². The molecule has 2 aliphatic heterocycles. The smallest absolute Gasteiger partial charge is 0.276 e. The molecule has 2 aliphatic rings. The van der Waals surface area contributed by atoms with E-state index >= 15 is 0 Å². The molecule has 8 heteroatoms. The van der Waals surface area contributed by atoms with Gasteiger partial charge in [-0.3, -0.25) is 4.79 Å². The molecule has 120 valence electrons. The van der Waals surface area contributed by atoms with Gasteiger partial charge >= 0.3 is 0 Å². The highest BCUT2D eigenvalue weighted by Crippen LogP contribution is 2.29. The lowest BCUT2D eigenvalue weighted by Crippen LogP contribution is -2.26. The summed E-state index contributed by atoms with van der Waals surface area (Å²) < 4.78 is 6.70. The van der Waals surface area contributed by atoms with E-state index in [2.05, 4.69) is 10.3 Å². The van der Waals surface area contributed by atoms with Crippen molar-refractivity contribution in [2.24, 2.45) is 0 Å². The molecular formula is C15H15ClN4O3. The molecule has 1 aromatic carbocycles. The normalized spacial score (nSPS) is 23.3. The topological polar surface area (TPSA) is 80.5 Å². The molecule has 0 aliphatic carbocycles. The van der Waals surface area contributed by atoms with Crippen LogP contribution in [0.1, 0.15) is 27.7 Å². The molecule has 2 aromatic rings. The Morgan fingerprint density at radius 3 is 2.96 bits per heavy atom. The average molecular weight is 335 g/mol. The highest BCUT2D eigenvalue weighted by molar-refractivity contribution is 6.31. The van der Waals surface area contributed by atoms with Crippen LogP contribution in [0, 0.1) is 0 Å². The summed E-state index contributed by atoms with van der Waals surface area (Å²) in [6.07, 6.45) is 0.935. The van der Waals surface area contributed by atoms with Crippen LogP contribution in [0.25, 0.3) is 0 Å². The fourth-order valence-electron chi connectivity index (χ4n) is 3.01. The second-order valence-electron chi connectivity index (χ2n) is 5.79. The number of nitrogens with zero attached hydrogens (tertiary/aromatic N) is 4. The van der Waals surface area contributed by atoms with E-state index in [1.165, 1.54) is 4.68 Å². The predicted octanol–water partition coefficient (Wildman–Crippen LogP) is 1.02. The fraction of sp³-hybridized carbons (Fsp3) is 0.400. The quantitative estimate of drug-likeness (QED) is 0.887. The molecule has 3 heterocycles. The van der Waals surface area contributed by atoms with E-state index in [0.717, 1.165) is 11.1 Å². The highest BCUT2D eigenvalue weighted by Gasteiger charge is 2.31. The molecular weight excluding hydrogens is 320 g/mol. The van der Waals surface area contributed by atoms with Crippen LogP contribution in [-0.4, -0.2) is 50.2 Å². The van der Waals surface area contributed by atoms with E-state index in [4.69, 9.17) is 16.3 Å². The van der Waals surface area contributed by atoms with Crippen molar-refractivity contribution in [1.29, 1.82) is 0 Å². The van der Waals surface area contributed by atoms with Gasteiger partial charge in [0.05, 0.1) is 19.4 Å². The summed E-state index contributed by atoms with van der Waals surface area (Å²) in [6, 6.07) is 5.38. The lowest BCUT2D eigenvalue weighted by molar-refractivity contribution is 0.0745. The van der Waals surface area contributed by atoms with Crippen molar-refractivity contribution in [2.45, 2.75) is 25.2 Å². The van der Waals surface area contributed by atoms with Gasteiger partial charge in [-0.05, 0) is 17.2 Å². The lowest BCUT2D eigenvalue weighted by atomic mass is 10.1. The van der Waals surface area contributed by atoms with Gasteiger partial charge in [-0.25, -0.2) is 4.68 Å². The molecule has 1 fully saturated rings. The Labute approximate surface area is 137 Å². The Bertz CT molecular complexity index is 763. The SMILES string of the molecule is O=C(c1cn([C@@H]2COC[C@H]2O)nn1)N1Cc2cccc(Cl)c2C1. The zero-order valence-corrected chi connectivity index (χ0v) is 13.0. The number of ether oxygens (including phenoxy) is 1. The Morgan fingerprint density at radius 1 is 1.35 bits per heavy atom. The number of aliphatic hydroxyl groups excluding tert-OH is 1. The molecule has 2 atom stereocenters. The van der Waals surface area contributed by atoms with Gasteiger partial charge < -0.3 is 14.7 Å². The van der Waals surface area contributed by atoms with Crippen molar-refractivity contribution in [2.75, 3.05) is 13.2 Å². The number of benzene rings is 1. The lowest BCUT2D eigenvalue weighted by Gasteiger charge is -2.13. The number of aromatic nitrogens is 3. The van der Waals surface area contributed by atoms with E-state index in [1.807, 2.05) is 18.2 Å². The molecule has 1 aromatic heterocycles. The Kier molecular flexibility index (Phi) is 3.56. The highest BCUT2D eigenvalue weighted by atomic mass is 35.5. The Hall–Kier alpha value is -1.96. The fourth-order valence-corrected chi connectivity index (χ4v) is 3.26. The average Bonchev–Trinajstić information content (AvgIpc) is 3.24. The van der Waals surface area contributed by atoms with E-state index in [9.17, 15) is 9.90 Å². The summed E-state index contributed by atoms with van der Waals surface area (Å²) in [5.41, 5.74) is 2.29. The Balaban J connectivity index is 1.53. The van der Waals surface area contributed by atoms with Gasteiger partial charge in [0.2, 0.25) is 0 Å². The molecule has 0 bridgehead atoms. The van der Waals surface area contributed by atoms with Crippen molar-refractivity contribution in [3.05, 3.63) is 46.2 Å². The van der Waals surface area contributed by atoms with Crippen molar-refractivity contribution in [1.82, 2.24) is 19.9 Å². The number of hydrogen-bond donors (Lipinski definition) is 1. The third-order valence-corrected chi connectivity index (χ3v) is 4.66. The molecule has 7 nitrogen and oxygen atoms in total. The van der Waals surface area contributed by atoms with Crippen LogP contribution in [0.4, 0.5) is 0 Å². The zero-order valence-electron chi connectivity index (χ0n) is 12.2.